The van der Waals surface area contributed by atoms with E-state index in [2.05, 4.69) is 20.9 Å². The Kier molecular flexibility index (Phi) is 5.74. The molecule has 2 aromatic carbocycles. The van der Waals surface area contributed by atoms with Crippen LogP contribution in [-0.2, 0) is 6.61 Å². The molecule has 0 aliphatic heterocycles. The van der Waals surface area contributed by atoms with Crippen LogP contribution in [0.4, 0.5) is 0 Å². The molecule has 30 heavy (non-hydrogen) atoms. The minimum atomic E-state index is -0.241. The first-order valence-electron chi connectivity index (χ1n) is 9.96. The third kappa shape index (κ3) is 4.65. The van der Waals surface area contributed by atoms with Gasteiger partial charge >= 0.3 is 0 Å². The lowest BCUT2D eigenvalue weighted by Gasteiger charge is -2.13. The first-order chi connectivity index (χ1) is 14.6. The van der Waals surface area contributed by atoms with Crippen LogP contribution >= 0.6 is 0 Å². The molecule has 0 spiro atoms. The van der Waals surface area contributed by atoms with Crippen molar-refractivity contribution in [2.45, 2.75) is 32.4 Å². The fourth-order valence-corrected chi connectivity index (χ4v) is 2.93. The van der Waals surface area contributed by atoms with Gasteiger partial charge in [0.05, 0.1) is 6.20 Å². The largest absolute Gasteiger partial charge is 0.487 e. The SMILES string of the molecule is CCNC(=O)c1ccc(-n2cc(C(=O)NC3CC3)nn2)c(OCc2ccccc2)c1. The topological polar surface area (TPSA) is 98.1 Å². The van der Waals surface area contributed by atoms with Crippen LogP contribution in [0.25, 0.3) is 5.69 Å². The maximum atomic E-state index is 12.3. The molecule has 0 radical (unpaired) electrons. The third-order valence-electron chi connectivity index (χ3n) is 4.68. The highest BCUT2D eigenvalue weighted by atomic mass is 16.5. The van der Waals surface area contributed by atoms with E-state index in [1.165, 1.54) is 4.68 Å². The standard InChI is InChI=1S/C22H23N5O3/c1-2-23-21(28)16-8-11-19(20(12-16)30-14-15-6-4-3-5-7-15)27-13-18(25-26-27)22(29)24-17-9-10-17/h3-8,11-13,17H,2,9-10,14H2,1H3,(H,23,28)(H,24,29). The van der Waals surface area contributed by atoms with E-state index in [4.69, 9.17) is 4.74 Å². The van der Waals surface area contributed by atoms with Crippen LogP contribution in [0.1, 0.15) is 46.2 Å². The molecule has 8 heteroatoms. The molecule has 4 rings (SSSR count). The molecule has 0 unspecified atom stereocenters. The van der Waals surface area contributed by atoms with Crippen molar-refractivity contribution in [1.29, 1.82) is 0 Å². The fraction of sp³-hybridized carbons (Fsp3) is 0.273. The van der Waals surface area contributed by atoms with Gasteiger partial charge in [0.25, 0.3) is 11.8 Å². The Balaban J connectivity index is 1.61. The zero-order valence-electron chi connectivity index (χ0n) is 16.7. The number of amides is 2. The van der Waals surface area contributed by atoms with Gasteiger partial charge in [-0.05, 0) is 43.5 Å². The van der Waals surface area contributed by atoms with Crippen LogP contribution < -0.4 is 15.4 Å². The number of carbonyl (C=O) groups is 2. The smallest absolute Gasteiger partial charge is 0.273 e. The van der Waals surface area contributed by atoms with Gasteiger partial charge in [-0.15, -0.1) is 5.10 Å². The number of hydrogen-bond donors (Lipinski definition) is 2. The van der Waals surface area contributed by atoms with E-state index < -0.39 is 0 Å². The lowest BCUT2D eigenvalue weighted by Crippen LogP contribution is -2.25. The quantitative estimate of drug-likeness (QED) is 0.600. The molecule has 1 aliphatic rings. The second kappa shape index (κ2) is 8.77. The van der Waals surface area contributed by atoms with Crippen LogP contribution in [0, 0.1) is 0 Å². The summed E-state index contributed by atoms with van der Waals surface area (Å²) in [7, 11) is 0. The van der Waals surface area contributed by atoms with Crippen LogP contribution in [0.15, 0.2) is 54.7 Å². The van der Waals surface area contributed by atoms with Crippen molar-refractivity contribution < 1.29 is 14.3 Å². The number of nitrogens with one attached hydrogen (secondary N) is 2. The number of nitrogens with zero attached hydrogens (tertiary/aromatic N) is 3. The van der Waals surface area contributed by atoms with Crippen molar-refractivity contribution in [3.05, 3.63) is 71.5 Å². The summed E-state index contributed by atoms with van der Waals surface area (Å²) in [5.74, 6) is 0.0489. The third-order valence-corrected chi connectivity index (χ3v) is 4.68. The minimum Gasteiger partial charge on any atom is -0.487 e. The molecule has 1 aromatic heterocycles. The van der Waals surface area contributed by atoms with Gasteiger partial charge in [0.2, 0.25) is 0 Å². The van der Waals surface area contributed by atoms with E-state index in [0.717, 1.165) is 18.4 Å². The maximum absolute atomic E-state index is 12.3. The van der Waals surface area contributed by atoms with Gasteiger partial charge < -0.3 is 15.4 Å². The minimum absolute atomic E-state index is 0.184. The van der Waals surface area contributed by atoms with Crippen LogP contribution in [0.3, 0.4) is 0 Å². The van der Waals surface area contributed by atoms with Gasteiger partial charge in [-0.1, -0.05) is 35.5 Å². The zero-order valence-corrected chi connectivity index (χ0v) is 16.7. The van der Waals surface area contributed by atoms with Gasteiger partial charge in [-0.3, -0.25) is 9.59 Å². The van der Waals surface area contributed by atoms with Gasteiger partial charge in [-0.25, -0.2) is 4.68 Å². The number of aromatic nitrogens is 3. The van der Waals surface area contributed by atoms with E-state index in [9.17, 15) is 9.59 Å². The van der Waals surface area contributed by atoms with Crippen molar-refractivity contribution in [3.8, 4) is 11.4 Å². The van der Waals surface area contributed by atoms with E-state index in [0.29, 0.717) is 30.2 Å². The summed E-state index contributed by atoms with van der Waals surface area (Å²) < 4.78 is 7.51. The van der Waals surface area contributed by atoms with Crippen LogP contribution in [0.5, 0.6) is 5.75 Å². The summed E-state index contributed by atoms with van der Waals surface area (Å²) >= 11 is 0. The van der Waals surface area contributed by atoms with E-state index >= 15 is 0 Å². The van der Waals surface area contributed by atoms with Gasteiger partial charge in [0.1, 0.15) is 18.0 Å². The number of hydrogen-bond acceptors (Lipinski definition) is 5. The highest BCUT2D eigenvalue weighted by Gasteiger charge is 2.25. The molecule has 1 heterocycles. The molecule has 2 N–H and O–H groups in total. The van der Waals surface area contributed by atoms with Gasteiger partial charge in [0, 0.05) is 18.2 Å². The zero-order chi connectivity index (χ0) is 20.9. The second-order valence-electron chi connectivity index (χ2n) is 7.11. The lowest BCUT2D eigenvalue weighted by molar-refractivity contribution is 0.0941. The highest BCUT2D eigenvalue weighted by molar-refractivity contribution is 5.95. The van der Waals surface area contributed by atoms with Gasteiger partial charge in [0.15, 0.2) is 5.69 Å². The Morgan fingerprint density at radius 1 is 1.13 bits per heavy atom. The first kappa shape index (κ1) is 19.6. The molecule has 0 bridgehead atoms. The van der Waals surface area contributed by atoms with Crippen LogP contribution in [-0.4, -0.2) is 39.4 Å². The molecule has 1 fully saturated rings. The maximum Gasteiger partial charge on any atom is 0.273 e. The average molecular weight is 405 g/mol. The summed E-state index contributed by atoms with van der Waals surface area (Å²) in [5, 5.41) is 13.8. The van der Waals surface area contributed by atoms with Crippen molar-refractivity contribution in [1.82, 2.24) is 25.6 Å². The molecule has 2 amide bonds. The molecule has 8 nitrogen and oxygen atoms in total. The normalized spacial score (nSPS) is 13.0. The Morgan fingerprint density at radius 2 is 1.93 bits per heavy atom. The molecule has 154 valence electrons. The number of carbonyl (C=O) groups excluding carboxylic acids is 2. The van der Waals surface area contributed by atoms with E-state index in [-0.39, 0.29) is 23.6 Å². The lowest BCUT2D eigenvalue weighted by atomic mass is 10.1. The Morgan fingerprint density at radius 3 is 2.67 bits per heavy atom. The molecule has 1 saturated carbocycles. The number of rotatable bonds is 8. The second-order valence-corrected chi connectivity index (χ2v) is 7.11. The number of ether oxygens (including phenoxy) is 1. The van der Waals surface area contributed by atoms with Gasteiger partial charge in [-0.2, -0.15) is 0 Å². The summed E-state index contributed by atoms with van der Waals surface area (Å²) in [6.07, 6.45) is 3.56. The molecular formula is C22H23N5O3. The van der Waals surface area contributed by atoms with Crippen molar-refractivity contribution in [3.63, 3.8) is 0 Å². The van der Waals surface area contributed by atoms with Crippen molar-refractivity contribution >= 4 is 11.8 Å². The summed E-state index contributed by atoms with van der Waals surface area (Å²) in [6.45, 7) is 2.72. The highest BCUT2D eigenvalue weighted by Crippen LogP contribution is 2.26. The molecule has 0 saturated heterocycles. The van der Waals surface area contributed by atoms with Crippen molar-refractivity contribution in [2.75, 3.05) is 6.54 Å². The monoisotopic (exact) mass is 405 g/mol. The number of benzene rings is 2. The van der Waals surface area contributed by atoms with E-state index in [1.54, 1.807) is 24.4 Å². The summed E-state index contributed by atoms with van der Waals surface area (Å²) in [5.41, 5.74) is 2.31. The molecule has 1 aliphatic carbocycles. The summed E-state index contributed by atoms with van der Waals surface area (Å²) in [4.78, 5) is 24.5. The molecule has 0 atom stereocenters. The predicted octanol–water partition coefficient (Wildman–Crippen LogP) is 2.49. The summed E-state index contributed by atoms with van der Waals surface area (Å²) in [6, 6.07) is 15.1. The van der Waals surface area contributed by atoms with Crippen LogP contribution in [0.2, 0.25) is 0 Å². The fourth-order valence-electron chi connectivity index (χ4n) is 2.93. The Bertz CT molecular complexity index is 1040. The molecule has 3 aromatic rings. The average Bonchev–Trinajstić information content (AvgIpc) is 3.44. The Labute approximate surface area is 174 Å². The van der Waals surface area contributed by atoms with Crippen molar-refractivity contribution in [2.24, 2.45) is 0 Å². The first-order valence-corrected chi connectivity index (χ1v) is 9.96. The predicted molar refractivity (Wildman–Crippen MR) is 111 cm³/mol. The van der Waals surface area contributed by atoms with E-state index in [1.807, 2.05) is 37.3 Å². The Hall–Kier alpha value is -3.68. The molecular weight excluding hydrogens is 382 g/mol.